The van der Waals surface area contributed by atoms with Gasteiger partial charge >= 0.3 is 0 Å². The van der Waals surface area contributed by atoms with E-state index in [0.29, 0.717) is 0 Å². The van der Waals surface area contributed by atoms with Gasteiger partial charge < -0.3 is 0 Å². The maximum absolute atomic E-state index is 3.96. The van der Waals surface area contributed by atoms with Crippen molar-refractivity contribution in [3.63, 3.8) is 0 Å². The molecule has 2 radical (unpaired) electrons. The molecule has 0 amide bonds. The van der Waals surface area contributed by atoms with Crippen LogP contribution in [0.2, 0.25) is 0 Å². The highest BCUT2D eigenvalue weighted by atomic mass is 28.2. The quantitative estimate of drug-likeness (QED) is 0.596. The highest BCUT2D eigenvalue weighted by Gasteiger charge is 1.88. The van der Waals surface area contributed by atoms with E-state index in [4.69, 9.17) is 0 Å². The molecule has 0 bridgehead atoms. The third kappa shape index (κ3) is 3.14. The molecule has 0 aromatic carbocycles. The second kappa shape index (κ2) is 4.08. The summed E-state index contributed by atoms with van der Waals surface area (Å²) in [4.78, 5) is 3.96. The van der Waals surface area contributed by atoms with Crippen LogP contribution in [0, 0.1) is 0 Å². The van der Waals surface area contributed by atoms with Crippen LogP contribution in [0.4, 0.5) is 0 Å². The van der Waals surface area contributed by atoms with Crippen molar-refractivity contribution in [2.45, 2.75) is 13.8 Å². The Morgan fingerprint density at radius 1 is 1.36 bits per heavy atom. The van der Waals surface area contributed by atoms with Gasteiger partial charge in [0.25, 0.3) is 0 Å². The predicted molar refractivity (Wildman–Crippen MR) is 49.1 cm³/mol. The lowest BCUT2D eigenvalue weighted by Gasteiger charge is -1.92. The first kappa shape index (κ1) is 8.21. The Morgan fingerprint density at radius 3 is 2.55 bits per heavy atom. The van der Waals surface area contributed by atoms with E-state index in [0.717, 1.165) is 9.52 Å². The van der Waals surface area contributed by atoms with Crippen LogP contribution in [0.3, 0.4) is 0 Å². The molecule has 0 fully saturated rings. The molecule has 1 heterocycles. The number of nitrogens with zero attached hydrogens (tertiary/aromatic N) is 1. The second-order valence-corrected chi connectivity index (χ2v) is 3.76. The predicted octanol–water partition coefficient (Wildman–Crippen LogP) is 1.33. The SMILES string of the molecule is CC(C)=C[Si]c1ccncc1. The highest BCUT2D eigenvalue weighted by molar-refractivity contribution is 6.58. The van der Waals surface area contributed by atoms with Crippen molar-refractivity contribution in [1.82, 2.24) is 4.98 Å². The highest BCUT2D eigenvalue weighted by Crippen LogP contribution is 1.86. The van der Waals surface area contributed by atoms with Crippen LogP contribution in [-0.2, 0) is 0 Å². The van der Waals surface area contributed by atoms with Gasteiger partial charge in [-0.25, -0.2) is 0 Å². The van der Waals surface area contributed by atoms with Gasteiger partial charge in [0, 0.05) is 12.4 Å². The van der Waals surface area contributed by atoms with Crippen molar-refractivity contribution in [2.24, 2.45) is 0 Å². The summed E-state index contributed by atoms with van der Waals surface area (Å²) in [5.41, 5.74) is 3.62. The van der Waals surface area contributed by atoms with Gasteiger partial charge in [-0.3, -0.25) is 4.98 Å². The van der Waals surface area contributed by atoms with E-state index < -0.39 is 0 Å². The fraction of sp³-hybridized carbons (Fsp3) is 0.222. The number of hydrogen-bond acceptors (Lipinski definition) is 1. The zero-order valence-corrected chi connectivity index (χ0v) is 7.83. The standard InChI is InChI=1S/C9H11NSi/c1-8(2)7-11-9-3-5-10-6-4-9/h3-7H,1-2H3. The monoisotopic (exact) mass is 161 g/mol. The fourth-order valence-corrected chi connectivity index (χ4v) is 1.47. The molecule has 0 aliphatic carbocycles. The van der Waals surface area contributed by atoms with Gasteiger partial charge in [-0.05, 0) is 26.0 Å². The Morgan fingerprint density at radius 2 is 2.00 bits per heavy atom. The van der Waals surface area contributed by atoms with Crippen molar-refractivity contribution < 1.29 is 0 Å². The molecule has 56 valence electrons. The van der Waals surface area contributed by atoms with Crippen LogP contribution in [0.25, 0.3) is 0 Å². The van der Waals surface area contributed by atoms with Crippen LogP contribution in [0.15, 0.2) is 35.8 Å². The Kier molecular flexibility index (Phi) is 3.05. The van der Waals surface area contributed by atoms with Crippen LogP contribution in [-0.4, -0.2) is 14.5 Å². The summed E-state index contributed by atoms with van der Waals surface area (Å²) in [6.45, 7) is 4.24. The molecule has 1 rings (SSSR count). The number of allylic oxidation sites excluding steroid dienone is 1. The van der Waals surface area contributed by atoms with Gasteiger partial charge in [0.05, 0.1) is 0 Å². The zero-order chi connectivity index (χ0) is 8.10. The Balaban J connectivity index is 2.59. The molecular weight excluding hydrogens is 150 g/mol. The fourth-order valence-electron chi connectivity index (χ4n) is 0.676. The molecule has 1 aromatic heterocycles. The number of hydrogen-bond donors (Lipinski definition) is 0. The molecule has 0 spiro atoms. The van der Waals surface area contributed by atoms with E-state index in [-0.39, 0.29) is 0 Å². The molecule has 0 saturated carbocycles. The summed E-state index contributed by atoms with van der Waals surface area (Å²) in [6.07, 6.45) is 3.67. The molecule has 1 nitrogen and oxygen atoms in total. The first-order chi connectivity index (χ1) is 5.29. The Hall–Kier alpha value is -0.893. The lowest BCUT2D eigenvalue weighted by molar-refractivity contribution is 1.34. The lowest BCUT2D eigenvalue weighted by atomic mass is 10.4. The maximum atomic E-state index is 3.96. The van der Waals surface area contributed by atoms with Crippen molar-refractivity contribution in [2.75, 3.05) is 0 Å². The molecule has 0 aliphatic rings. The molecule has 0 saturated heterocycles. The zero-order valence-electron chi connectivity index (χ0n) is 6.83. The van der Waals surface area contributed by atoms with Gasteiger partial charge in [0.1, 0.15) is 9.52 Å². The molecule has 0 aliphatic heterocycles. The topological polar surface area (TPSA) is 12.9 Å². The lowest BCUT2D eigenvalue weighted by Crippen LogP contribution is -2.11. The average molecular weight is 161 g/mol. The summed E-state index contributed by atoms with van der Waals surface area (Å²) < 4.78 is 0. The first-order valence-corrected chi connectivity index (χ1v) is 4.67. The van der Waals surface area contributed by atoms with Gasteiger partial charge in [-0.2, -0.15) is 0 Å². The third-order valence-electron chi connectivity index (χ3n) is 1.21. The van der Waals surface area contributed by atoms with Crippen LogP contribution in [0.1, 0.15) is 13.8 Å². The van der Waals surface area contributed by atoms with Gasteiger partial charge in [-0.1, -0.05) is 16.5 Å². The number of rotatable bonds is 2. The molecular formula is C9H11NSi. The Labute approximate surface area is 70.0 Å². The van der Waals surface area contributed by atoms with E-state index in [2.05, 4.69) is 36.7 Å². The minimum absolute atomic E-state index is 0.783. The Bertz CT molecular complexity index is 237. The smallest absolute Gasteiger partial charge is 0.111 e. The summed E-state index contributed by atoms with van der Waals surface area (Å²) in [5.74, 6) is 0. The van der Waals surface area contributed by atoms with Crippen LogP contribution < -0.4 is 5.19 Å². The van der Waals surface area contributed by atoms with E-state index in [1.807, 2.05) is 12.4 Å². The second-order valence-electron chi connectivity index (χ2n) is 2.60. The number of aromatic nitrogens is 1. The van der Waals surface area contributed by atoms with Crippen LogP contribution >= 0.6 is 0 Å². The molecule has 11 heavy (non-hydrogen) atoms. The van der Waals surface area contributed by atoms with Crippen molar-refractivity contribution >= 4 is 14.7 Å². The summed E-state index contributed by atoms with van der Waals surface area (Å²) in [6, 6.07) is 4.11. The average Bonchev–Trinajstić information content (AvgIpc) is 2.03. The molecule has 0 atom stereocenters. The van der Waals surface area contributed by atoms with Crippen molar-refractivity contribution in [3.8, 4) is 0 Å². The summed E-state index contributed by atoms with van der Waals surface area (Å²) in [5, 5.41) is 1.35. The van der Waals surface area contributed by atoms with Crippen molar-refractivity contribution in [1.29, 1.82) is 0 Å². The number of pyridine rings is 1. The van der Waals surface area contributed by atoms with Crippen molar-refractivity contribution in [3.05, 3.63) is 35.8 Å². The molecule has 0 unspecified atom stereocenters. The molecule has 1 aromatic rings. The van der Waals surface area contributed by atoms with Gasteiger partial charge in [0.15, 0.2) is 0 Å². The molecule has 0 N–H and O–H groups in total. The summed E-state index contributed by atoms with van der Waals surface area (Å²) >= 11 is 0. The minimum Gasteiger partial charge on any atom is -0.265 e. The van der Waals surface area contributed by atoms with E-state index in [1.165, 1.54) is 10.8 Å². The maximum Gasteiger partial charge on any atom is 0.111 e. The third-order valence-corrected chi connectivity index (χ3v) is 2.60. The minimum atomic E-state index is 0.783. The largest absolute Gasteiger partial charge is 0.265 e. The van der Waals surface area contributed by atoms with E-state index in [9.17, 15) is 0 Å². The normalized spacial score (nSPS) is 9.27. The first-order valence-electron chi connectivity index (χ1n) is 3.59. The van der Waals surface area contributed by atoms with Gasteiger partial charge in [0.2, 0.25) is 0 Å². The summed E-state index contributed by atoms with van der Waals surface area (Å²) in [7, 11) is 0.783. The van der Waals surface area contributed by atoms with Gasteiger partial charge in [-0.15, -0.1) is 0 Å². The molecule has 2 heteroatoms. The van der Waals surface area contributed by atoms with E-state index in [1.54, 1.807) is 0 Å². The van der Waals surface area contributed by atoms with E-state index >= 15 is 0 Å². The van der Waals surface area contributed by atoms with Crippen LogP contribution in [0.5, 0.6) is 0 Å².